The molecule has 8 heteroatoms. The van der Waals surface area contributed by atoms with Crippen LogP contribution in [0.3, 0.4) is 0 Å². The third kappa shape index (κ3) is 4.78. The molecule has 1 fully saturated rings. The summed E-state index contributed by atoms with van der Waals surface area (Å²) in [5, 5.41) is 11.9. The van der Waals surface area contributed by atoms with Crippen LogP contribution in [0.4, 0.5) is 4.39 Å². The average Bonchev–Trinajstić information content (AvgIpc) is 2.74. The van der Waals surface area contributed by atoms with Gasteiger partial charge < -0.3 is 5.32 Å². The molecule has 1 atom stereocenters. The minimum Gasteiger partial charge on any atom is -0.332 e. The zero-order valence-corrected chi connectivity index (χ0v) is 18.7. The largest absolute Gasteiger partial charge is 0.332 e. The van der Waals surface area contributed by atoms with Gasteiger partial charge in [-0.2, -0.15) is 9.57 Å². The second-order valence-corrected chi connectivity index (χ2v) is 9.97. The van der Waals surface area contributed by atoms with Gasteiger partial charge >= 0.3 is 0 Å². The summed E-state index contributed by atoms with van der Waals surface area (Å²) >= 11 is 0. The van der Waals surface area contributed by atoms with Crippen LogP contribution < -0.4 is 5.32 Å². The molecule has 31 heavy (non-hydrogen) atoms. The van der Waals surface area contributed by atoms with Gasteiger partial charge in [-0.1, -0.05) is 25.1 Å². The van der Waals surface area contributed by atoms with Crippen molar-refractivity contribution in [3.63, 3.8) is 0 Å². The van der Waals surface area contributed by atoms with E-state index in [4.69, 9.17) is 0 Å². The van der Waals surface area contributed by atoms with E-state index in [-0.39, 0.29) is 16.0 Å². The number of nitrogens with zero attached hydrogens (tertiary/aromatic N) is 2. The number of carbonyl (C=O) groups excluding carboxylic acids is 1. The second-order valence-electron chi connectivity index (χ2n) is 8.06. The maximum Gasteiger partial charge on any atom is 0.252 e. The Kier molecular flexibility index (Phi) is 6.77. The molecule has 3 rings (SSSR count). The van der Waals surface area contributed by atoms with E-state index in [1.807, 2.05) is 6.07 Å². The van der Waals surface area contributed by atoms with Gasteiger partial charge in [0.1, 0.15) is 11.9 Å². The molecule has 6 nitrogen and oxygen atoms in total. The Hall–Kier alpha value is -2.76. The number of rotatable bonds is 5. The van der Waals surface area contributed by atoms with Gasteiger partial charge in [-0.25, -0.2) is 12.8 Å². The molecule has 1 unspecified atom stereocenters. The molecular weight excluding hydrogens is 417 g/mol. The molecule has 0 aliphatic carbocycles. The fourth-order valence-corrected chi connectivity index (χ4v) is 5.49. The van der Waals surface area contributed by atoms with Crippen molar-refractivity contribution in [2.75, 3.05) is 13.1 Å². The lowest BCUT2D eigenvalue weighted by molar-refractivity contribution is 0.0944. The zero-order valence-electron chi connectivity index (χ0n) is 17.9. The first kappa shape index (κ1) is 22.9. The molecule has 1 aliphatic rings. The lowest BCUT2D eigenvalue weighted by Gasteiger charge is -2.30. The molecule has 1 amide bonds. The maximum absolute atomic E-state index is 14.1. The number of piperidine rings is 1. The number of halogens is 1. The number of hydrogen-bond acceptors (Lipinski definition) is 4. The van der Waals surface area contributed by atoms with E-state index in [0.29, 0.717) is 30.1 Å². The third-order valence-corrected chi connectivity index (χ3v) is 7.89. The molecule has 0 radical (unpaired) electrons. The Bertz CT molecular complexity index is 1130. The van der Waals surface area contributed by atoms with Crippen molar-refractivity contribution in [1.29, 1.82) is 5.26 Å². The summed E-state index contributed by atoms with van der Waals surface area (Å²) in [6, 6.07) is 9.34. The number of aryl methyl sites for hydroxylation is 1. The summed E-state index contributed by atoms with van der Waals surface area (Å²) in [5.74, 6) is -0.758. The van der Waals surface area contributed by atoms with Crippen LogP contribution in [0.1, 0.15) is 52.9 Å². The fourth-order valence-electron chi connectivity index (χ4n) is 3.69. The Morgan fingerprint density at radius 3 is 2.48 bits per heavy atom. The lowest BCUT2D eigenvalue weighted by atomic mass is 10.0. The number of nitriles is 1. The van der Waals surface area contributed by atoms with Gasteiger partial charge in [0.15, 0.2) is 0 Å². The van der Waals surface area contributed by atoms with Crippen LogP contribution in [0, 0.1) is 36.9 Å². The second kappa shape index (κ2) is 9.16. The van der Waals surface area contributed by atoms with Crippen LogP contribution in [0.15, 0.2) is 41.3 Å². The standard InChI is InChI=1S/C23H26FN3O3S/c1-15-8-10-27(11-9-15)31(29,30)22-13-18(12-16(2)17(22)3)23(28)26-21(14-25)19-6-4-5-7-20(19)24/h4-7,12-13,15,21H,8-11H2,1-3H3,(H,26,28). The minimum absolute atomic E-state index is 0.0532. The molecule has 0 saturated carbocycles. The number of carbonyl (C=O) groups is 1. The van der Waals surface area contributed by atoms with E-state index in [1.54, 1.807) is 26.0 Å². The number of amides is 1. The van der Waals surface area contributed by atoms with Gasteiger partial charge in [0.25, 0.3) is 5.91 Å². The van der Waals surface area contributed by atoms with Crippen LogP contribution in [0.2, 0.25) is 0 Å². The average molecular weight is 444 g/mol. The maximum atomic E-state index is 14.1. The van der Waals surface area contributed by atoms with Gasteiger partial charge in [0.05, 0.1) is 11.0 Å². The summed E-state index contributed by atoms with van der Waals surface area (Å²) in [6.45, 7) is 6.45. The molecule has 1 heterocycles. The molecule has 1 N–H and O–H groups in total. The summed E-state index contributed by atoms with van der Waals surface area (Å²) in [4.78, 5) is 13.0. The van der Waals surface area contributed by atoms with Crippen LogP contribution >= 0.6 is 0 Å². The molecule has 0 aromatic heterocycles. The lowest BCUT2D eigenvalue weighted by Crippen LogP contribution is -2.38. The molecule has 0 bridgehead atoms. The topological polar surface area (TPSA) is 90.3 Å². The Morgan fingerprint density at radius 2 is 1.87 bits per heavy atom. The molecule has 164 valence electrons. The van der Waals surface area contributed by atoms with Crippen molar-refractivity contribution in [3.8, 4) is 6.07 Å². The van der Waals surface area contributed by atoms with Gasteiger partial charge in [0, 0.05) is 24.2 Å². The van der Waals surface area contributed by atoms with Crippen molar-refractivity contribution in [2.45, 2.75) is 44.6 Å². The molecule has 1 aliphatic heterocycles. The molecule has 2 aromatic carbocycles. The zero-order chi connectivity index (χ0) is 22.8. The third-order valence-electron chi connectivity index (χ3n) is 5.86. The number of sulfonamides is 1. The van der Waals surface area contributed by atoms with Gasteiger partial charge in [0.2, 0.25) is 10.0 Å². The molecular formula is C23H26FN3O3S. The van der Waals surface area contributed by atoms with Gasteiger partial charge in [-0.05, 0) is 61.9 Å². The quantitative estimate of drug-likeness (QED) is 0.760. The SMILES string of the molecule is Cc1cc(C(=O)NC(C#N)c2ccccc2F)cc(S(=O)(=O)N2CCC(C)CC2)c1C. The number of hydrogen-bond donors (Lipinski definition) is 1. The van der Waals surface area contributed by atoms with Gasteiger partial charge in [-0.15, -0.1) is 0 Å². The van der Waals surface area contributed by atoms with Crippen LogP contribution in [0.5, 0.6) is 0 Å². The highest BCUT2D eigenvalue weighted by atomic mass is 32.2. The molecule has 1 saturated heterocycles. The van der Waals surface area contributed by atoms with Gasteiger partial charge in [-0.3, -0.25) is 4.79 Å². The van der Waals surface area contributed by atoms with E-state index >= 15 is 0 Å². The number of nitrogens with one attached hydrogen (secondary N) is 1. The predicted octanol–water partition coefficient (Wildman–Crippen LogP) is 3.86. The van der Waals surface area contributed by atoms with Crippen LogP contribution in [-0.4, -0.2) is 31.7 Å². The Labute approximate surface area is 182 Å². The van der Waals surface area contributed by atoms with Crippen molar-refractivity contribution in [1.82, 2.24) is 9.62 Å². The van der Waals surface area contributed by atoms with Crippen molar-refractivity contribution < 1.29 is 17.6 Å². The van der Waals surface area contributed by atoms with E-state index in [0.717, 1.165) is 12.8 Å². The van der Waals surface area contributed by atoms with E-state index < -0.39 is 27.8 Å². The monoisotopic (exact) mass is 443 g/mol. The summed E-state index contributed by atoms with van der Waals surface area (Å²) in [6.07, 6.45) is 1.59. The van der Waals surface area contributed by atoms with Crippen molar-refractivity contribution >= 4 is 15.9 Å². The van der Waals surface area contributed by atoms with E-state index in [1.165, 1.54) is 28.6 Å². The van der Waals surface area contributed by atoms with Crippen LogP contribution in [-0.2, 0) is 10.0 Å². The van der Waals surface area contributed by atoms with E-state index in [9.17, 15) is 22.9 Å². The number of benzene rings is 2. The normalized spacial score (nSPS) is 16.5. The smallest absolute Gasteiger partial charge is 0.252 e. The van der Waals surface area contributed by atoms with Crippen LogP contribution in [0.25, 0.3) is 0 Å². The fraction of sp³-hybridized carbons (Fsp3) is 0.391. The van der Waals surface area contributed by atoms with E-state index in [2.05, 4.69) is 12.2 Å². The highest BCUT2D eigenvalue weighted by Crippen LogP contribution is 2.28. The highest BCUT2D eigenvalue weighted by molar-refractivity contribution is 7.89. The Balaban J connectivity index is 1.92. The molecule has 0 spiro atoms. The first-order valence-corrected chi connectivity index (χ1v) is 11.7. The summed E-state index contributed by atoms with van der Waals surface area (Å²) < 4.78 is 42.1. The first-order valence-electron chi connectivity index (χ1n) is 10.2. The molecule has 2 aromatic rings. The summed E-state index contributed by atoms with van der Waals surface area (Å²) in [5.41, 5.74) is 1.40. The highest BCUT2D eigenvalue weighted by Gasteiger charge is 2.30. The predicted molar refractivity (Wildman–Crippen MR) is 115 cm³/mol. The Morgan fingerprint density at radius 1 is 1.23 bits per heavy atom. The minimum atomic E-state index is -3.76. The van der Waals surface area contributed by atoms with Crippen molar-refractivity contribution in [2.24, 2.45) is 5.92 Å². The first-order chi connectivity index (χ1) is 14.6. The van der Waals surface area contributed by atoms with Crippen molar-refractivity contribution in [3.05, 3.63) is 64.5 Å². The summed E-state index contributed by atoms with van der Waals surface area (Å²) in [7, 11) is -3.76.